The number of hydrogen-bond acceptors (Lipinski definition) is 4. The highest BCUT2D eigenvalue weighted by atomic mass is 16.2. The van der Waals surface area contributed by atoms with Crippen LogP contribution in [0, 0.1) is 11.8 Å². The number of aromatic nitrogens is 2. The van der Waals surface area contributed by atoms with Crippen LogP contribution in [0.4, 0.5) is 0 Å². The Hall–Kier alpha value is -3.98. The Balaban J connectivity index is 1.79. The number of nitrogens with zero attached hydrogens (tertiary/aromatic N) is 1. The van der Waals surface area contributed by atoms with Gasteiger partial charge in [0.1, 0.15) is 5.56 Å². The molecule has 0 bridgehead atoms. The van der Waals surface area contributed by atoms with E-state index in [1.54, 1.807) is 42.5 Å². The summed E-state index contributed by atoms with van der Waals surface area (Å²) >= 11 is 0. The Morgan fingerprint density at radius 2 is 1.44 bits per heavy atom. The van der Waals surface area contributed by atoms with E-state index in [4.69, 9.17) is 0 Å². The number of hydrogen-bond donors (Lipinski definition) is 1. The van der Waals surface area contributed by atoms with Crippen molar-refractivity contribution in [2.24, 2.45) is 7.05 Å². The van der Waals surface area contributed by atoms with Crippen LogP contribution in [-0.4, -0.2) is 21.1 Å². The average Bonchev–Trinajstić information content (AvgIpc) is 2.68. The third-order valence-electron chi connectivity index (χ3n) is 4.37. The number of aromatic amines is 1. The van der Waals surface area contributed by atoms with E-state index in [0.717, 1.165) is 0 Å². The zero-order valence-corrected chi connectivity index (χ0v) is 14.2. The largest absolute Gasteiger partial charge is 0.328 e. The summed E-state index contributed by atoms with van der Waals surface area (Å²) in [6.07, 6.45) is 1.34. The summed E-state index contributed by atoms with van der Waals surface area (Å²) in [7, 11) is 1.50. The van der Waals surface area contributed by atoms with E-state index in [1.807, 2.05) is 0 Å². The predicted octanol–water partition coefficient (Wildman–Crippen LogP) is 1.25. The Labute approximate surface area is 153 Å². The molecule has 0 radical (unpaired) electrons. The smallest absolute Gasteiger partial charge is 0.302 e. The van der Waals surface area contributed by atoms with Gasteiger partial charge in [0.2, 0.25) is 0 Å². The molecule has 0 amide bonds. The summed E-state index contributed by atoms with van der Waals surface area (Å²) in [5.74, 6) is 5.08. The number of rotatable bonds is 0. The Morgan fingerprint density at radius 3 is 2.15 bits per heavy atom. The van der Waals surface area contributed by atoms with Gasteiger partial charge < -0.3 is 4.57 Å². The third kappa shape index (κ3) is 2.71. The molecule has 1 aliphatic carbocycles. The molecule has 1 heterocycles. The molecule has 1 aliphatic rings. The molecule has 0 saturated carbocycles. The van der Waals surface area contributed by atoms with Crippen molar-refractivity contribution in [1.29, 1.82) is 0 Å². The molecule has 6 nitrogen and oxygen atoms in total. The maximum absolute atomic E-state index is 12.7. The fourth-order valence-corrected chi connectivity index (χ4v) is 2.97. The highest BCUT2D eigenvalue weighted by Crippen LogP contribution is 2.27. The van der Waals surface area contributed by atoms with Crippen molar-refractivity contribution in [3.8, 4) is 11.8 Å². The molecule has 27 heavy (non-hydrogen) atoms. The molecule has 0 aliphatic heterocycles. The lowest BCUT2D eigenvalue weighted by Crippen LogP contribution is -2.29. The van der Waals surface area contributed by atoms with Crippen LogP contribution in [-0.2, 0) is 7.05 Å². The van der Waals surface area contributed by atoms with Crippen molar-refractivity contribution < 1.29 is 9.59 Å². The van der Waals surface area contributed by atoms with Crippen molar-refractivity contribution >= 4 is 11.6 Å². The summed E-state index contributed by atoms with van der Waals surface area (Å²) < 4.78 is 1.22. The molecular weight excluding hydrogens is 344 g/mol. The topological polar surface area (TPSA) is 89.0 Å². The molecule has 6 heteroatoms. The molecule has 0 spiro atoms. The van der Waals surface area contributed by atoms with Gasteiger partial charge in [-0.15, -0.1) is 0 Å². The van der Waals surface area contributed by atoms with Crippen molar-refractivity contribution in [3.63, 3.8) is 0 Å². The lowest BCUT2D eigenvalue weighted by Gasteiger charge is -2.17. The molecule has 0 atom stereocenters. The highest BCUT2D eigenvalue weighted by Gasteiger charge is 2.29. The molecule has 0 fully saturated rings. The van der Waals surface area contributed by atoms with Gasteiger partial charge in [0, 0.05) is 41.1 Å². The van der Waals surface area contributed by atoms with Crippen LogP contribution in [0.15, 0.2) is 58.3 Å². The second kappa shape index (κ2) is 6.07. The van der Waals surface area contributed by atoms with Gasteiger partial charge in [0.25, 0.3) is 5.56 Å². The van der Waals surface area contributed by atoms with E-state index in [0.29, 0.717) is 27.8 Å². The maximum Gasteiger partial charge on any atom is 0.328 e. The van der Waals surface area contributed by atoms with Crippen molar-refractivity contribution in [2.75, 3.05) is 0 Å². The fraction of sp³-hybridized carbons (Fsp3) is 0.0476. The van der Waals surface area contributed by atoms with Gasteiger partial charge in [-0.1, -0.05) is 36.1 Å². The zero-order valence-electron chi connectivity index (χ0n) is 14.2. The summed E-state index contributed by atoms with van der Waals surface area (Å²) in [5.41, 5.74) is 0.903. The van der Waals surface area contributed by atoms with Crippen LogP contribution in [0.1, 0.15) is 43.0 Å². The molecule has 2 aromatic carbocycles. The summed E-state index contributed by atoms with van der Waals surface area (Å²) in [4.78, 5) is 50.7. The minimum absolute atomic E-state index is 0.127. The Bertz CT molecular complexity index is 1320. The summed E-state index contributed by atoms with van der Waals surface area (Å²) in [5, 5.41) is 0. The maximum atomic E-state index is 12.7. The van der Waals surface area contributed by atoms with E-state index in [1.165, 1.54) is 17.8 Å². The van der Waals surface area contributed by atoms with Crippen molar-refractivity contribution in [3.05, 3.63) is 103 Å². The number of benzene rings is 2. The van der Waals surface area contributed by atoms with Crippen LogP contribution in [0.25, 0.3) is 0 Å². The number of ketones is 2. The first-order valence-corrected chi connectivity index (χ1v) is 8.10. The van der Waals surface area contributed by atoms with Gasteiger partial charge >= 0.3 is 5.69 Å². The molecule has 1 aromatic heterocycles. The molecule has 1 N–H and O–H groups in total. The number of fused-ring (bicyclic) bond motifs is 2. The Kier molecular flexibility index (Phi) is 3.71. The lowest BCUT2D eigenvalue weighted by atomic mass is 9.83. The van der Waals surface area contributed by atoms with Crippen LogP contribution < -0.4 is 11.2 Å². The number of aryl methyl sites for hydroxylation is 1. The second-order valence-electron chi connectivity index (χ2n) is 6.13. The summed E-state index contributed by atoms with van der Waals surface area (Å²) in [6, 6.07) is 11.4. The van der Waals surface area contributed by atoms with Crippen LogP contribution >= 0.6 is 0 Å². The van der Waals surface area contributed by atoms with Gasteiger partial charge in [0.05, 0.1) is 0 Å². The normalized spacial score (nSPS) is 12.0. The summed E-state index contributed by atoms with van der Waals surface area (Å²) in [6.45, 7) is 0. The minimum Gasteiger partial charge on any atom is -0.302 e. The zero-order chi connectivity index (χ0) is 19.1. The van der Waals surface area contributed by atoms with Gasteiger partial charge in [-0.25, -0.2) is 4.79 Å². The number of nitrogens with one attached hydrogen (secondary N) is 1. The van der Waals surface area contributed by atoms with Gasteiger partial charge in [0.15, 0.2) is 11.6 Å². The standard InChI is InChI=1S/C21H12N2O4/c1-23-11-13(20(26)22-21(23)27)8-6-12-7-9-16-17(10-12)19(25)15-5-3-2-4-14(15)18(16)24/h2-5,7,9-11H,1H3,(H,22,26,27). The van der Waals surface area contributed by atoms with E-state index in [-0.39, 0.29) is 17.1 Å². The first kappa shape index (κ1) is 16.5. The third-order valence-corrected chi connectivity index (χ3v) is 4.37. The van der Waals surface area contributed by atoms with Gasteiger partial charge in [-0.2, -0.15) is 0 Å². The second-order valence-corrected chi connectivity index (χ2v) is 6.13. The van der Waals surface area contributed by atoms with Gasteiger partial charge in [-0.3, -0.25) is 19.4 Å². The van der Waals surface area contributed by atoms with E-state index in [2.05, 4.69) is 16.8 Å². The molecule has 4 rings (SSSR count). The number of carbonyl (C=O) groups is 2. The van der Waals surface area contributed by atoms with Crippen molar-refractivity contribution in [2.45, 2.75) is 0 Å². The SMILES string of the molecule is Cn1cc(C#Cc2ccc3c(c2)C(=O)c2ccccc2C3=O)c(=O)[nH]c1=O. The molecule has 3 aromatic rings. The van der Waals surface area contributed by atoms with E-state index in [9.17, 15) is 19.2 Å². The lowest BCUT2D eigenvalue weighted by molar-refractivity contribution is 0.0979. The number of H-pyrrole nitrogens is 1. The van der Waals surface area contributed by atoms with Crippen LogP contribution in [0.3, 0.4) is 0 Å². The Morgan fingerprint density at radius 1 is 0.815 bits per heavy atom. The molecular formula is C21H12N2O4. The quantitative estimate of drug-likeness (QED) is 0.480. The van der Waals surface area contributed by atoms with Crippen LogP contribution in [0.2, 0.25) is 0 Å². The van der Waals surface area contributed by atoms with E-state index >= 15 is 0 Å². The monoisotopic (exact) mass is 356 g/mol. The first-order chi connectivity index (χ1) is 13.0. The minimum atomic E-state index is -0.580. The fourth-order valence-electron chi connectivity index (χ4n) is 2.97. The number of carbonyl (C=O) groups excluding carboxylic acids is 2. The first-order valence-electron chi connectivity index (χ1n) is 8.10. The molecule has 130 valence electrons. The van der Waals surface area contributed by atoms with E-state index < -0.39 is 11.2 Å². The molecule has 0 saturated heterocycles. The average molecular weight is 356 g/mol. The van der Waals surface area contributed by atoms with Gasteiger partial charge in [-0.05, 0) is 18.2 Å². The highest BCUT2D eigenvalue weighted by molar-refractivity contribution is 6.28. The van der Waals surface area contributed by atoms with Crippen molar-refractivity contribution in [1.82, 2.24) is 9.55 Å². The molecule has 0 unspecified atom stereocenters. The van der Waals surface area contributed by atoms with Crippen LogP contribution in [0.5, 0.6) is 0 Å². The predicted molar refractivity (Wildman–Crippen MR) is 98.0 cm³/mol.